The summed E-state index contributed by atoms with van der Waals surface area (Å²) in [5.74, 6) is -3.12. The molecule has 2 saturated heterocycles. The van der Waals surface area contributed by atoms with Crippen molar-refractivity contribution in [3.8, 4) is 0 Å². The second-order valence-electron chi connectivity index (χ2n) is 3.74. The molecule has 2 fully saturated rings. The van der Waals surface area contributed by atoms with E-state index in [1.807, 2.05) is 0 Å². The Labute approximate surface area is 97.9 Å². The summed E-state index contributed by atoms with van der Waals surface area (Å²) in [4.78, 5) is 23.3. The molecule has 0 bridgehead atoms. The first-order valence-electron chi connectivity index (χ1n) is 5.22. The van der Waals surface area contributed by atoms with Gasteiger partial charge in [0.2, 0.25) is 5.60 Å². The van der Waals surface area contributed by atoms with Crippen LogP contribution >= 0.6 is 0 Å². The smallest absolute Gasteiger partial charge is 0.370 e. The number of carbonyl (C=O) groups is 2. The number of epoxide rings is 1. The molecule has 0 aromatic rings. The maximum Gasteiger partial charge on any atom is 0.370 e. The average Bonchev–Trinajstić information content (AvgIpc) is 2.87. The lowest BCUT2D eigenvalue weighted by atomic mass is 10.0. The molecule has 2 aliphatic rings. The van der Waals surface area contributed by atoms with Crippen LogP contribution < -0.4 is 0 Å². The summed E-state index contributed by atoms with van der Waals surface area (Å²) in [5, 5.41) is 0. The first-order chi connectivity index (χ1) is 8.06. The molecule has 2 aliphatic heterocycles. The van der Waals surface area contributed by atoms with Crippen molar-refractivity contribution in [2.75, 3.05) is 20.8 Å². The lowest BCUT2D eigenvalue weighted by Crippen LogP contribution is -2.37. The number of hydrogen-bond acceptors (Lipinski definition) is 7. The van der Waals surface area contributed by atoms with Crippen molar-refractivity contribution in [2.24, 2.45) is 0 Å². The van der Waals surface area contributed by atoms with E-state index in [4.69, 9.17) is 14.2 Å². The highest BCUT2D eigenvalue weighted by Gasteiger charge is 2.87. The predicted octanol–water partition coefficient (Wildman–Crippen LogP) is -0.419. The topological polar surface area (TPSA) is 83.6 Å². The number of fused-ring (bicyclic) bond motifs is 1. The molecule has 0 amide bonds. The number of methoxy groups -OCH3 is 2. The molecule has 0 radical (unpaired) electrons. The number of rotatable bonds is 4. The third kappa shape index (κ3) is 1.46. The van der Waals surface area contributed by atoms with Crippen LogP contribution in [0.3, 0.4) is 0 Å². The van der Waals surface area contributed by atoms with E-state index in [1.54, 1.807) is 6.92 Å². The summed E-state index contributed by atoms with van der Waals surface area (Å²) in [5.41, 5.74) is -1.42. The normalized spacial score (nSPS) is 38.4. The SMILES string of the molecule is CCOC1CC2(C(=O)OC)OC2(C(=O)OC)O1. The Hall–Kier alpha value is -1.18. The van der Waals surface area contributed by atoms with Crippen molar-refractivity contribution in [1.82, 2.24) is 0 Å². The monoisotopic (exact) mass is 246 g/mol. The van der Waals surface area contributed by atoms with Gasteiger partial charge >= 0.3 is 17.7 Å². The quantitative estimate of drug-likeness (QED) is 0.492. The zero-order chi connectivity index (χ0) is 12.7. The molecule has 2 rings (SSSR count). The van der Waals surface area contributed by atoms with Gasteiger partial charge in [-0.15, -0.1) is 0 Å². The first kappa shape index (κ1) is 12.3. The fourth-order valence-corrected chi connectivity index (χ4v) is 2.07. The Balaban J connectivity index is 2.22. The highest BCUT2D eigenvalue weighted by molar-refractivity contribution is 5.97. The second kappa shape index (κ2) is 3.94. The molecule has 0 aliphatic carbocycles. The molecule has 0 N–H and O–H groups in total. The highest BCUT2D eigenvalue weighted by Crippen LogP contribution is 2.59. The number of ether oxygens (including phenoxy) is 5. The second-order valence-corrected chi connectivity index (χ2v) is 3.74. The number of esters is 2. The van der Waals surface area contributed by atoms with E-state index in [-0.39, 0.29) is 6.42 Å². The molecule has 3 unspecified atom stereocenters. The van der Waals surface area contributed by atoms with Crippen molar-refractivity contribution in [2.45, 2.75) is 31.0 Å². The van der Waals surface area contributed by atoms with Gasteiger partial charge < -0.3 is 23.7 Å². The minimum absolute atomic E-state index is 0.114. The minimum Gasteiger partial charge on any atom is -0.467 e. The molecular weight excluding hydrogens is 232 g/mol. The van der Waals surface area contributed by atoms with Gasteiger partial charge in [0.25, 0.3) is 0 Å². The van der Waals surface area contributed by atoms with Gasteiger partial charge in [-0.1, -0.05) is 0 Å². The summed E-state index contributed by atoms with van der Waals surface area (Å²) >= 11 is 0. The summed E-state index contributed by atoms with van der Waals surface area (Å²) in [7, 11) is 2.41. The molecule has 17 heavy (non-hydrogen) atoms. The molecule has 7 nitrogen and oxygen atoms in total. The Morgan fingerprint density at radius 2 is 1.94 bits per heavy atom. The zero-order valence-corrected chi connectivity index (χ0v) is 9.85. The van der Waals surface area contributed by atoms with Crippen LogP contribution in [0.15, 0.2) is 0 Å². The van der Waals surface area contributed by atoms with Gasteiger partial charge in [0.05, 0.1) is 14.2 Å². The van der Waals surface area contributed by atoms with E-state index in [0.29, 0.717) is 6.61 Å². The van der Waals surface area contributed by atoms with Gasteiger partial charge in [-0.25, -0.2) is 9.59 Å². The maximum absolute atomic E-state index is 11.7. The maximum atomic E-state index is 11.7. The van der Waals surface area contributed by atoms with Gasteiger partial charge in [0, 0.05) is 13.0 Å². The van der Waals surface area contributed by atoms with Crippen LogP contribution in [0.4, 0.5) is 0 Å². The average molecular weight is 246 g/mol. The molecule has 0 saturated carbocycles. The van der Waals surface area contributed by atoms with Crippen molar-refractivity contribution in [3.63, 3.8) is 0 Å². The fourth-order valence-electron chi connectivity index (χ4n) is 2.07. The number of carbonyl (C=O) groups excluding carboxylic acids is 2. The lowest BCUT2D eigenvalue weighted by molar-refractivity contribution is -0.213. The zero-order valence-electron chi connectivity index (χ0n) is 9.85. The van der Waals surface area contributed by atoms with Crippen molar-refractivity contribution < 1.29 is 33.3 Å². The van der Waals surface area contributed by atoms with E-state index < -0.39 is 29.6 Å². The Morgan fingerprint density at radius 3 is 2.47 bits per heavy atom. The summed E-state index contributed by atoms with van der Waals surface area (Å²) in [6, 6.07) is 0. The van der Waals surface area contributed by atoms with Crippen LogP contribution in [-0.2, 0) is 33.3 Å². The molecule has 2 heterocycles. The summed E-state index contributed by atoms with van der Waals surface area (Å²) < 4.78 is 24.9. The first-order valence-corrected chi connectivity index (χ1v) is 5.22. The predicted molar refractivity (Wildman–Crippen MR) is 51.7 cm³/mol. The molecule has 0 aromatic heterocycles. The summed E-state index contributed by atoms with van der Waals surface area (Å²) in [6.07, 6.45) is -0.560. The summed E-state index contributed by atoms with van der Waals surface area (Å²) in [6.45, 7) is 2.18. The number of hydrogen-bond donors (Lipinski definition) is 0. The van der Waals surface area contributed by atoms with E-state index in [9.17, 15) is 9.59 Å². The van der Waals surface area contributed by atoms with Crippen LogP contribution in [0.2, 0.25) is 0 Å². The molecule has 96 valence electrons. The molecule has 0 spiro atoms. The van der Waals surface area contributed by atoms with Gasteiger partial charge in [-0.05, 0) is 6.92 Å². The van der Waals surface area contributed by atoms with Crippen LogP contribution in [0.5, 0.6) is 0 Å². The van der Waals surface area contributed by atoms with E-state index >= 15 is 0 Å². The van der Waals surface area contributed by atoms with Gasteiger partial charge in [-0.3, -0.25) is 0 Å². The minimum atomic E-state index is -1.70. The van der Waals surface area contributed by atoms with Crippen LogP contribution in [0.1, 0.15) is 13.3 Å². The van der Waals surface area contributed by atoms with Gasteiger partial charge in [-0.2, -0.15) is 0 Å². The Bertz CT molecular complexity index is 325. The van der Waals surface area contributed by atoms with Crippen molar-refractivity contribution in [1.29, 1.82) is 0 Å². The standard InChI is InChI=1S/C10H14O7/c1-4-15-6-5-9(7(11)13-2)10(16-6,17-9)8(12)14-3/h6H,4-5H2,1-3H3. The fraction of sp³-hybridized carbons (Fsp3) is 0.800. The van der Waals surface area contributed by atoms with Crippen LogP contribution in [0, 0.1) is 0 Å². The van der Waals surface area contributed by atoms with E-state index in [1.165, 1.54) is 14.2 Å². The van der Waals surface area contributed by atoms with E-state index in [2.05, 4.69) is 9.47 Å². The Kier molecular flexibility index (Phi) is 2.84. The highest BCUT2D eigenvalue weighted by atomic mass is 16.9. The molecule has 3 atom stereocenters. The van der Waals surface area contributed by atoms with Crippen LogP contribution in [0.25, 0.3) is 0 Å². The van der Waals surface area contributed by atoms with Gasteiger partial charge in [0.15, 0.2) is 6.29 Å². The van der Waals surface area contributed by atoms with Crippen molar-refractivity contribution in [3.05, 3.63) is 0 Å². The molecular formula is C10H14O7. The lowest BCUT2D eigenvalue weighted by Gasteiger charge is -2.14. The molecule has 0 aromatic carbocycles. The van der Waals surface area contributed by atoms with Gasteiger partial charge in [0.1, 0.15) is 0 Å². The largest absolute Gasteiger partial charge is 0.467 e. The van der Waals surface area contributed by atoms with Crippen LogP contribution in [-0.4, -0.2) is 50.4 Å². The van der Waals surface area contributed by atoms with Crippen molar-refractivity contribution >= 4 is 11.9 Å². The third-order valence-corrected chi connectivity index (χ3v) is 2.88. The molecule has 7 heteroatoms. The van der Waals surface area contributed by atoms with E-state index in [0.717, 1.165) is 0 Å². The Morgan fingerprint density at radius 1 is 1.29 bits per heavy atom. The third-order valence-electron chi connectivity index (χ3n) is 2.88.